The molecule has 22 heavy (non-hydrogen) atoms. The van der Waals surface area contributed by atoms with Crippen LogP contribution in [0.5, 0.6) is 0 Å². The Balaban J connectivity index is 2.17. The quantitative estimate of drug-likeness (QED) is 0.791. The lowest BCUT2D eigenvalue weighted by molar-refractivity contribution is 0.0950. The highest BCUT2D eigenvalue weighted by Gasteiger charge is 2.14. The molecule has 2 rings (SSSR count). The largest absolute Gasteiger partial charge is 0.385 e. The van der Waals surface area contributed by atoms with E-state index in [-0.39, 0.29) is 5.91 Å². The van der Waals surface area contributed by atoms with E-state index in [1.807, 2.05) is 33.8 Å². The van der Waals surface area contributed by atoms with Crippen LogP contribution in [0.1, 0.15) is 40.1 Å². The van der Waals surface area contributed by atoms with Gasteiger partial charge in [-0.15, -0.1) is 0 Å². The van der Waals surface area contributed by atoms with Gasteiger partial charge in [-0.3, -0.25) is 4.79 Å². The first-order valence-corrected chi connectivity index (χ1v) is 7.64. The molecule has 0 fully saturated rings. The number of imidazole rings is 1. The number of nitrogens with one attached hydrogen (secondary N) is 3. The molecule has 118 valence electrons. The number of hydrogen-bond donors (Lipinski definition) is 3. The molecule has 3 N–H and O–H groups in total. The van der Waals surface area contributed by atoms with Gasteiger partial charge in [0, 0.05) is 28.5 Å². The predicted molar refractivity (Wildman–Crippen MR) is 89.6 cm³/mol. The van der Waals surface area contributed by atoms with E-state index >= 15 is 0 Å². The number of nitrogens with zero attached hydrogens (tertiary/aromatic N) is 1. The monoisotopic (exact) mass is 320 g/mol. The van der Waals surface area contributed by atoms with E-state index in [4.69, 9.17) is 11.6 Å². The summed E-state index contributed by atoms with van der Waals surface area (Å²) >= 11 is 6.11. The Morgan fingerprint density at radius 3 is 2.64 bits per heavy atom. The lowest BCUT2D eigenvalue weighted by Crippen LogP contribution is -2.24. The molecule has 0 aliphatic carbocycles. The summed E-state index contributed by atoms with van der Waals surface area (Å²) in [5.41, 5.74) is 4.16. The Labute approximate surface area is 135 Å². The van der Waals surface area contributed by atoms with Crippen molar-refractivity contribution in [3.05, 3.63) is 45.5 Å². The fourth-order valence-corrected chi connectivity index (χ4v) is 2.60. The van der Waals surface area contributed by atoms with E-state index in [2.05, 4.69) is 20.6 Å². The third-order valence-corrected chi connectivity index (χ3v) is 3.72. The van der Waals surface area contributed by atoms with Crippen LogP contribution in [0.25, 0.3) is 0 Å². The molecule has 0 aliphatic heterocycles. The van der Waals surface area contributed by atoms with E-state index < -0.39 is 0 Å². The average Bonchev–Trinajstić information content (AvgIpc) is 2.78. The number of carbonyl (C=O) groups is 1. The number of H-pyrrole nitrogens is 1. The van der Waals surface area contributed by atoms with E-state index in [0.29, 0.717) is 17.1 Å². The van der Waals surface area contributed by atoms with Crippen molar-refractivity contribution in [2.24, 2.45) is 0 Å². The highest BCUT2D eigenvalue weighted by Crippen LogP contribution is 2.24. The van der Waals surface area contributed by atoms with E-state index in [1.165, 1.54) is 0 Å². The zero-order valence-electron chi connectivity index (χ0n) is 13.3. The van der Waals surface area contributed by atoms with Crippen LogP contribution in [0.3, 0.4) is 0 Å². The first kappa shape index (κ1) is 16.4. The number of aryl methyl sites for hydroxylation is 2. The van der Waals surface area contributed by atoms with Crippen molar-refractivity contribution in [1.82, 2.24) is 15.3 Å². The van der Waals surface area contributed by atoms with Crippen molar-refractivity contribution >= 4 is 23.2 Å². The van der Waals surface area contributed by atoms with Crippen LogP contribution in [0, 0.1) is 20.8 Å². The van der Waals surface area contributed by atoms with Crippen LogP contribution in [0.15, 0.2) is 12.1 Å². The van der Waals surface area contributed by atoms with Gasteiger partial charge in [-0.2, -0.15) is 0 Å². The van der Waals surface area contributed by atoms with Gasteiger partial charge in [0.25, 0.3) is 5.91 Å². The Hall–Kier alpha value is -2.01. The molecule has 0 atom stereocenters. The summed E-state index contributed by atoms with van der Waals surface area (Å²) in [6.07, 6.45) is 0. The first-order chi connectivity index (χ1) is 10.4. The number of carbonyl (C=O) groups excluding carboxylic acids is 1. The summed E-state index contributed by atoms with van der Waals surface area (Å²) in [5.74, 6) is 0.689. The maximum Gasteiger partial charge on any atom is 0.251 e. The summed E-state index contributed by atoms with van der Waals surface area (Å²) in [7, 11) is 0. The minimum absolute atomic E-state index is 0.154. The number of anilines is 1. The van der Waals surface area contributed by atoms with E-state index in [9.17, 15) is 4.79 Å². The normalized spacial score (nSPS) is 10.6. The van der Waals surface area contributed by atoms with Crippen molar-refractivity contribution in [3.8, 4) is 0 Å². The van der Waals surface area contributed by atoms with Crippen LogP contribution in [0.2, 0.25) is 5.02 Å². The molecule has 0 spiro atoms. The molecule has 6 heteroatoms. The predicted octanol–water partition coefficient (Wildman–Crippen LogP) is 3.35. The molecular weight excluding hydrogens is 300 g/mol. The van der Waals surface area contributed by atoms with Gasteiger partial charge in [-0.1, -0.05) is 11.6 Å². The Morgan fingerprint density at radius 2 is 2.05 bits per heavy atom. The van der Waals surface area contributed by atoms with Gasteiger partial charge in [0.15, 0.2) is 0 Å². The molecular formula is C16H21ClN4O. The number of amides is 1. The average molecular weight is 321 g/mol. The number of rotatable bonds is 5. The fraction of sp³-hybridized carbons (Fsp3) is 0.375. The second-order valence-corrected chi connectivity index (χ2v) is 5.67. The molecule has 5 nitrogen and oxygen atoms in total. The third kappa shape index (κ3) is 3.60. The zero-order valence-corrected chi connectivity index (χ0v) is 14.1. The summed E-state index contributed by atoms with van der Waals surface area (Å²) in [6, 6.07) is 3.52. The molecule has 1 aromatic heterocycles. The minimum atomic E-state index is -0.154. The van der Waals surface area contributed by atoms with Gasteiger partial charge in [0.2, 0.25) is 0 Å². The SMILES string of the molecule is CCNc1cc(Cl)cc(C(=O)NCc2nc(C)[nH]c2C)c1C. The molecule has 1 aromatic carbocycles. The smallest absolute Gasteiger partial charge is 0.251 e. The van der Waals surface area contributed by atoms with Crippen LogP contribution >= 0.6 is 11.6 Å². The molecule has 0 bridgehead atoms. The van der Waals surface area contributed by atoms with E-state index in [0.717, 1.165) is 35.0 Å². The Bertz CT molecular complexity index is 694. The molecule has 0 aliphatic rings. The van der Waals surface area contributed by atoms with Gasteiger partial charge in [0.1, 0.15) is 5.82 Å². The number of aromatic amines is 1. The Kier molecular flexibility index (Phi) is 5.08. The van der Waals surface area contributed by atoms with Crippen molar-refractivity contribution < 1.29 is 4.79 Å². The summed E-state index contributed by atoms with van der Waals surface area (Å²) in [6.45, 7) is 8.90. The topological polar surface area (TPSA) is 69.8 Å². The number of benzene rings is 1. The lowest BCUT2D eigenvalue weighted by Gasteiger charge is -2.13. The van der Waals surface area contributed by atoms with E-state index in [1.54, 1.807) is 6.07 Å². The molecule has 0 unspecified atom stereocenters. The van der Waals surface area contributed by atoms with Crippen molar-refractivity contribution in [2.75, 3.05) is 11.9 Å². The van der Waals surface area contributed by atoms with Crippen LogP contribution in [0.4, 0.5) is 5.69 Å². The van der Waals surface area contributed by atoms with Crippen LogP contribution < -0.4 is 10.6 Å². The first-order valence-electron chi connectivity index (χ1n) is 7.26. The van der Waals surface area contributed by atoms with Crippen LogP contribution in [-0.4, -0.2) is 22.4 Å². The molecule has 0 radical (unpaired) electrons. The van der Waals surface area contributed by atoms with Gasteiger partial charge >= 0.3 is 0 Å². The second kappa shape index (κ2) is 6.83. The number of hydrogen-bond acceptors (Lipinski definition) is 3. The molecule has 0 saturated heterocycles. The van der Waals surface area contributed by atoms with Gasteiger partial charge in [-0.05, 0) is 45.4 Å². The van der Waals surface area contributed by atoms with Crippen molar-refractivity contribution in [2.45, 2.75) is 34.2 Å². The molecule has 0 saturated carbocycles. The second-order valence-electron chi connectivity index (χ2n) is 5.23. The summed E-state index contributed by atoms with van der Waals surface area (Å²) < 4.78 is 0. The van der Waals surface area contributed by atoms with Crippen LogP contribution in [-0.2, 0) is 6.54 Å². The molecule has 2 aromatic rings. The third-order valence-electron chi connectivity index (χ3n) is 3.50. The number of halogens is 1. The summed E-state index contributed by atoms with van der Waals surface area (Å²) in [5, 5.41) is 6.66. The lowest BCUT2D eigenvalue weighted by atomic mass is 10.1. The maximum absolute atomic E-state index is 12.4. The fourth-order valence-electron chi connectivity index (χ4n) is 2.38. The van der Waals surface area contributed by atoms with Gasteiger partial charge in [-0.25, -0.2) is 4.98 Å². The zero-order chi connectivity index (χ0) is 16.3. The highest BCUT2D eigenvalue weighted by molar-refractivity contribution is 6.31. The van der Waals surface area contributed by atoms with Gasteiger partial charge in [0.05, 0.1) is 12.2 Å². The molecule has 1 heterocycles. The Morgan fingerprint density at radius 1 is 1.32 bits per heavy atom. The molecule has 1 amide bonds. The van der Waals surface area contributed by atoms with Crippen molar-refractivity contribution in [3.63, 3.8) is 0 Å². The van der Waals surface area contributed by atoms with Crippen molar-refractivity contribution in [1.29, 1.82) is 0 Å². The summed E-state index contributed by atoms with van der Waals surface area (Å²) in [4.78, 5) is 19.9. The highest BCUT2D eigenvalue weighted by atomic mass is 35.5. The van der Waals surface area contributed by atoms with Gasteiger partial charge < -0.3 is 15.6 Å². The minimum Gasteiger partial charge on any atom is -0.385 e. The standard InChI is InChI=1S/C16H21ClN4O/c1-5-18-14-7-12(17)6-13(9(14)2)16(22)19-8-15-10(3)20-11(4)21-15/h6-7,18H,5,8H2,1-4H3,(H,19,22)(H,20,21). The maximum atomic E-state index is 12.4. The number of aromatic nitrogens is 2.